The second kappa shape index (κ2) is 3.14. The molecule has 0 unspecified atom stereocenters. The molecule has 0 fully saturated rings. The molecular weight excluding hydrogens is 159 g/mol. The van der Waals surface area contributed by atoms with Crippen molar-refractivity contribution in [3.63, 3.8) is 0 Å². The minimum atomic E-state index is -3.46. The fourth-order valence-electron chi connectivity index (χ4n) is 0.986. The molecular formula is C7H10BO4-. The molecule has 12 heavy (non-hydrogen) atoms. The molecule has 0 aliphatic rings. The highest BCUT2D eigenvalue weighted by atomic mass is 16.5. The maximum Gasteiger partial charge on any atom is 0.406 e. The van der Waals surface area contributed by atoms with Crippen molar-refractivity contribution in [1.29, 1.82) is 0 Å². The molecule has 0 saturated heterocycles. The van der Waals surface area contributed by atoms with E-state index in [0.29, 0.717) is 0 Å². The number of para-hydroxylation sites is 1. The number of hydrogen-bond acceptors (Lipinski definition) is 4. The average Bonchev–Trinajstić information content (AvgIpc) is 2.03. The van der Waals surface area contributed by atoms with Gasteiger partial charge in [-0.2, -0.15) is 0 Å². The lowest BCUT2D eigenvalue weighted by atomic mass is 9.70. The van der Waals surface area contributed by atoms with E-state index < -0.39 is 6.75 Å². The third kappa shape index (κ3) is 1.76. The molecule has 3 N–H and O–H groups in total. The molecule has 0 heterocycles. The first-order valence-corrected chi connectivity index (χ1v) is 3.50. The topological polar surface area (TPSA) is 69.9 Å². The Labute approximate surface area is 70.1 Å². The highest BCUT2D eigenvalue weighted by Gasteiger charge is 2.21. The van der Waals surface area contributed by atoms with Crippen molar-refractivity contribution >= 4 is 12.2 Å². The molecule has 0 radical (unpaired) electrons. The van der Waals surface area contributed by atoms with Crippen molar-refractivity contribution in [3.8, 4) is 5.75 Å². The van der Waals surface area contributed by atoms with Gasteiger partial charge in [-0.05, 0) is 6.07 Å². The molecule has 4 nitrogen and oxygen atoms in total. The van der Waals surface area contributed by atoms with Crippen LogP contribution < -0.4 is 10.2 Å². The molecule has 0 aromatic heterocycles. The Balaban J connectivity index is 3.14. The Morgan fingerprint density at radius 3 is 2.17 bits per heavy atom. The zero-order valence-electron chi connectivity index (χ0n) is 6.64. The summed E-state index contributed by atoms with van der Waals surface area (Å²) < 4.78 is 4.81. The van der Waals surface area contributed by atoms with Gasteiger partial charge in [0.1, 0.15) is 0 Å². The highest BCUT2D eigenvalue weighted by molar-refractivity contribution is 6.72. The van der Waals surface area contributed by atoms with Crippen LogP contribution in [-0.4, -0.2) is 28.9 Å². The average molecular weight is 169 g/mol. The van der Waals surface area contributed by atoms with Crippen molar-refractivity contribution in [1.82, 2.24) is 0 Å². The van der Waals surface area contributed by atoms with Crippen LogP contribution in [0.3, 0.4) is 0 Å². The first-order chi connectivity index (χ1) is 5.55. The zero-order valence-corrected chi connectivity index (χ0v) is 6.64. The smallest absolute Gasteiger partial charge is 0.406 e. The van der Waals surface area contributed by atoms with Crippen molar-refractivity contribution in [3.05, 3.63) is 24.3 Å². The van der Waals surface area contributed by atoms with Crippen LogP contribution in [0, 0.1) is 0 Å². The van der Waals surface area contributed by atoms with Gasteiger partial charge in [0.2, 0.25) is 0 Å². The van der Waals surface area contributed by atoms with Gasteiger partial charge in [-0.15, -0.1) is 0 Å². The Hall–Kier alpha value is -1.04. The van der Waals surface area contributed by atoms with Crippen LogP contribution >= 0.6 is 0 Å². The molecule has 1 rings (SSSR count). The van der Waals surface area contributed by atoms with Gasteiger partial charge in [-0.3, -0.25) is 0 Å². The Bertz CT molecular complexity index is 268. The first kappa shape index (κ1) is 9.06. The monoisotopic (exact) mass is 169 g/mol. The number of ether oxygens (including phenoxy) is 1. The number of hydrogen-bond donors (Lipinski definition) is 3. The van der Waals surface area contributed by atoms with E-state index in [4.69, 9.17) is 19.8 Å². The fraction of sp³-hybridized carbons (Fsp3) is 0.143. The van der Waals surface area contributed by atoms with Gasteiger partial charge in [-0.1, -0.05) is 23.7 Å². The predicted molar refractivity (Wildman–Crippen MR) is 45.0 cm³/mol. The van der Waals surface area contributed by atoms with Gasteiger partial charge in [0.05, 0.1) is 12.9 Å². The zero-order chi connectivity index (χ0) is 9.19. The molecule has 0 aliphatic carbocycles. The molecule has 0 spiro atoms. The highest BCUT2D eigenvalue weighted by Crippen LogP contribution is 2.08. The molecule has 66 valence electrons. The van der Waals surface area contributed by atoms with Gasteiger partial charge < -0.3 is 19.8 Å². The van der Waals surface area contributed by atoms with Gasteiger partial charge >= 0.3 is 6.75 Å². The maximum absolute atomic E-state index is 8.89. The summed E-state index contributed by atoms with van der Waals surface area (Å²) in [4.78, 5) is 0. The second-order valence-corrected chi connectivity index (χ2v) is 2.48. The molecule has 0 bridgehead atoms. The van der Waals surface area contributed by atoms with Crippen molar-refractivity contribution in [2.45, 2.75) is 0 Å². The summed E-state index contributed by atoms with van der Waals surface area (Å²) in [5.41, 5.74) is -0.0139. The Kier molecular flexibility index (Phi) is 2.37. The van der Waals surface area contributed by atoms with Crippen LogP contribution in [-0.2, 0) is 0 Å². The molecule has 5 heteroatoms. The van der Waals surface area contributed by atoms with Crippen molar-refractivity contribution in [2.75, 3.05) is 7.11 Å². The third-order valence-corrected chi connectivity index (χ3v) is 1.56. The number of rotatable bonds is 2. The van der Waals surface area contributed by atoms with Crippen LogP contribution in [0.2, 0.25) is 0 Å². The van der Waals surface area contributed by atoms with Gasteiger partial charge in [-0.25, -0.2) is 0 Å². The van der Waals surface area contributed by atoms with E-state index in [0.717, 1.165) is 0 Å². The van der Waals surface area contributed by atoms with Crippen LogP contribution in [0.5, 0.6) is 5.75 Å². The Morgan fingerprint density at radius 1 is 1.17 bits per heavy atom. The largest absolute Gasteiger partial charge is 0.556 e. The van der Waals surface area contributed by atoms with E-state index in [9.17, 15) is 0 Å². The van der Waals surface area contributed by atoms with E-state index in [1.807, 2.05) is 0 Å². The van der Waals surface area contributed by atoms with E-state index in [2.05, 4.69) is 0 Å². The van der Waals surface area contributed by atoms with Crippen LogP contribution in [0.25, 0.3) is 0 Å². The minimum Gasteiger partial charge on any atom is -0.556 e. The van der Waals surface area contributed by atoms with E-state index in [-0.39, 0.29) is 11.2 Å². The first-order valence-electron chi connectivity index (χ1n) is 3.50. The van der Waals surface area contributed by atoms with Crippen LogP contribution in [0.1, 0.15) is 0 Å². The summed E-state index contributed by atoms with van der Waals surface area (Å²) in [5.74, 6) is 0.255. The summed E-state index contributed by atoms with van der Waals surface area (Å²) in [7, 11) is 1.39. The lowest BCUT2D eigenvalue weighted by molar-refractivity contribution is 0.248. The standard InChI is InChI=1S/C7H10BO4/c1-12-7-5-3-2-4-6(7)8(9,10)11/h2-5,9-11H,1H3/q-1. The lowest BCUT2D eigenvalue weighted by Gasteiger charge is -2.23. The molecule has 1 aromatic carbocycles. The van der Waals surface area contributed by atoms with Crippen LogP contribution in [0.4, 0.5) is 0 Å². The normalized spacial score (nSPS) is 11.3. The van der Waals surface area contributed by atoms with E-state index in [1.54, 1.807) is 12.1 Å². The summed E-state index contributed by atoms with van der Waals surface area (Å²) in [6.45, 7) is -3.46. The van der Waals surface area contributed by atoms with E-state index >= 15 is 0 Å². The SMILES string of the molecule is COc1ccccc1[B-](O)(O)O. The predicted octanol–water partition coefficient (Wildman–Crippen LogP) is -1.18. The summed E-state index contributed by atoms with van der Waals surface area (Å²) in [5, 5.41) is 26.7. The van der Waals surface area contributed by atoms with Gasteiger partial charge in [0.25, 0.3) is 0 Å². The fourth-order valence-corrected chi connectivity index (χ4v) is 0.986. The summed E-state index contributed by atoms with van der Waals surface area (Å²) in [6.07, 6.45) is 0. The lowest BCUT2D eigenvalue weighted by Crippen LogP contribution is -2.49. The second-order valence-electron chi connectivity index (χ2n) is 2.48. The maximum atomic E-state index is 8.89. The third-order valence-electron chi connectivity index (χ3n) is 1.56. The molecule has 0 aliphatic heterocycles. The summed E-state index contributed by atoms with van der Waals surface area (Å²) >= 11 is 0. The molecule has 0 atom stereocenters. The van der Waals surface area contributed by atoms with Gasteiger partial charge in [0.15, 0.2) is 0 Å². The molecule has 1 aromatic rings. The summed E-state index contributed by atoms with van der Waals surface area (Å²) in [6, 6.07) is 6.18. The number of benzene rings is 1. The minimum absolute atomic E-state index is 0.0139. The van der Waals surface area contributed by atoms with Gasteiger partial charge in [0, 0.05) is 0 Å². The van der Waals surface area contributed by atoms with Crippen LogP contribution in [0.15, 0.2) is 24.3 Å². The van der Waals surface area contributed by atoms with Crippen molar-refractivity contribution < 1.29 is 19.8 Å². The molecule has 0 amide bonds. The molecule has 0 saturated carbocycles. The van der Waals surface area contributed by atoms with Crippen molar-refractivity contribution in [2.24, 2.45) is 0 Å². The number of methoxy groups -OCH3 is 1. The Morgan fingerprint density at radius 2 is 1.75 bits per heavy atom. The van der Waals surface area contributed by atoms with E-state index in [1.165, 1.54) is 19.2 Å². The quantitative estimate of drug-likeness (QED) is 0.487.